The van der Waals surface area contributed by atoms with Gasteiger partial charge >= 0.3 is 0 Å². The fourth-order valence-electron chi connectivity index (χ4n) is 1.59. The van der Waals surface area contributed by atoms with Gasteiger partial charge in [0.05, 0.1) is 0 Å². The largest absolute Gasteiger partial charge is 0.258 e. The smallest absolute Gasteiger partial charge is 0.0437 e. The molecule has 0 aliphatic heterocycles. The molecule has 0 radical (unpaired) electrons. The molecule has 0 spiro atoms. The van der Waals surface area contributed by atoms with Crippen LogP contribution in [0.1, 0.15) is 42.6 Å². The second-order valence-electron chi connectivity index (χ2n) is 3.61. The molecule has 1 heterocycles. The van der Waals surface area contributed by atoms with Crippen molar-refractivity contribution in [3.05, 3.63) is 29.1 Å². The van der Waals surface area contributed by atoms with Gasteiger partial charge in [-0.1, -0.05) is 13.0 Å². The summed E-state index contributed by atoms with van der Waals surface area (Å²) < 4.78 is 0. The van der Waals surface area contributed by atoms with E-state index < -0.39 is 0 Å². The predicted molar refractivity (Wildman–Crippen MR) is 50.3 cm³/mol. The number of pyridine rings is 1. The third-order valence-electron chi connectivity index (χ3n) is 2.59. The molecular formula is C11H15N. The summed E-state index contributed by atoms with van der Waals surface area (Å²) in [7, 11) is 0. The van der Waals surface area contributed by atoms with Crippen molar-refractivity contribution in [2.75, 3.05) is 0 Å². The van der Waals surface area contributed by atoms with Crippen molar-refractivity contribution < 1.29 is 0 Å². The molecule has 0 N–H and O–H groups in total. The molecule has 0 unspecified atom stereocenters. The zero-order valence-electron chi connectivity index (χ0n) is 7.80. The minimum absolute atomic E-state index is 0.787. The maximum atomic E-state index is 4.61. The fourth-order valence-corrected chi connectivity index (χ4v) is 1.59. The molecule has 0 saturated heterocycles. The Morgan fingerprint density at radius 2 is 2.17 bits per heavy atom. The maximum absolute atomic E-state index is 4.61. The van der Waals surface area contributed by atoms with Crippen LogP contribution in [0.15, 0.2) is 12.1 Å². The highest BCUT2D eigenvalue weighted by molar-refractivity contribution is 5.25. The zero-order valence-corrected chi connectivity index (χ0v) is 7.80. The van der Waals surface area contributed by atoms with Crippen molar-refractivity contribution in [1.29, 1.82) is 0 Å². The Balaban J connectivity index is 2.30. The number of rotatable bonds is 2. The van der Waals surface area contributed by atoms with Gasteiger partial charge in [0.1, 0.15) is 0 Å². The van der Waals surface area contributed by atoms with E-state index in [0.717, 1.165) is 12.3 Å². The molecule has 1 heteroatoms. The maximum Gasteiger partial charge on any atom is 0.0437 e. The van der Waals surface area contributed by atoms with Crippen LogP contribution in [0.3, 0.4) is 0 Å². The molecule has 64 valence electrons. The molecule has 1 saturated carbocycles. The van der Waals surface area contributed by atoms with Gasteiger partial charge < -0.3 is 0 Å². The van der Waals surface area contributed by atoms with Gasteiger partial charge in [-0.05, 0) is 37.8 Å². The van der Waals surface area contributed by atoms with Gasteiger partial charge in [0.15, 0.2) is 0 Å². The minimum atomic E-state index is 0.787. The normalized spacial score (nSPS) is 16.5. The zero-order chi connectivity index (χ0) is 8.55. The SMILES string of the molecule is CCc1ccc(C2CC2)nc1C. The van der Waals surface area contributed by atoms with Gasteiger partial charge in [0.2, 0.25) is 0 Å². The summed E-state index contributed by atoms with van der Waals surface area (Å²) in [6, 6.07) is 4.43. The van der Waals surface area contributed by atoms with E-state index in [-0.39, 0.29) is 0 Å². The average molecular weight is 161 g/mol. The molecule has 0 atom stereocenters. The van der Waals surface area contributed by atoms with Crippen molar-refractivity contribution in [2.45, 2.75) is 39.0 Å². The van der Waals surface area contributed by atoms with E-state index in [1.54, 1.807) is 0 Å². The number of nitrogens with zero attached hydrogens (tertiary/aromatic N) is 1. The molecule has 1 aliphatic rings. The standard InChI is InChI=1S/C11H15N/c1-3-9-6-7-11(10-4-5-10)12-8(9)2/h6-7,10H,3-5H2,1-2H3. The first kappa shape index (κ1) is 7.78. The quantitative estimate of drug-likeness (QED) is 0.650. The molecule has 2 rings (SSSR count). The Hall–Kier alpha value is -0.850. The number of hydrogen-bond donors (Lipinski definition) is 0. The van der Waals surface area contributed by atoms with Crippen LogP contribution in [-0.2, 0) is 6.42 Å². The summed E-state index contributed by atoms with van der Waals surface area (Å²) in [5, 5.41) is 0. The minimum Gasteiger partial charge on any atom is -0.258 e. The van der Waals surface area contributed by atoms with Gasteiger partial charge in [0, 0.05) is 17.3 Å². The van der Waals surface area contributed by atoms with Gasteiger partial charge in [-0.3, -0.25) is 4.98 Å². The van der Waals surface area contributed by atoms with E-state index in [1.165, 1.54) is 29.8 Å². The Bertz CT molecular complexity index is 287. The second-order valence-corrected chi connectivity index (χ2v) is 3.61. The highest BCUT2D eigenvalue weighted by Crippen LogP contribution is 2.39. The third-order valence-corrected chi connectivity index (χ3v) is 2.59. The van der Waals surface area contributed by atoms with Crippen LogP contribution < -0.4 is 0 Å². The first-order chi connectivity index (χ1) is 5.81. The molecule has 1 fully saturated rings. The Labute approximate surface area is 73.8 Å². The highest BCUT2D eigenvalue weighted by atomic mass is 14.7. The Morgan fingerprint density at radius 3 is 2.67 bits per heavy atom. The molecule has 1 aliphatic carbocycles. The molecule has 0 amide bonds. The van der Waals surface area contributed by atoms with Gasteiger partial charge in [-0.25, -0.2) is 0 Å². The number of aryl methyl sites for hydroxylation is 2. The summed E-state index contributed by atoms with van der Waals surface area (Å²) in [6.45, 7) is 4.30. The fraction of sp³-hybridized carbons (Fsp3) is 0.545. The van der Waals surface area contributed by atoms with Crippen LogP contribution in [0.2, 0.25) is 0 Å². The summed E-state index contributed by atoms with van der Waals surface area (Å²) >= 11 is 0. The van der Waals surface area contributed by atoms with E-state index in [1.807, 2.05) is 0 Å². The van der Waals surface area contributed by atoms with Crippen molar-refractivity contribution in [1.82, 2.24) is 4.98 Å². The van der Waals surface area contributed by atoms with Crippen LogP contribution >= 0.6 is 0 Å². The van der Waals surface area contributed by atoms with Crippen molar-refractivity contribution in [2.24, 2.45) is 0 Å². The van der Waals surface area contributed by atoms with E-state index in [9.17, 15) is 0 Å². The Morgan fingerprint density at radius 1 is 1.42 bits per heavy atom. The van der Waals surface area contributed by atoms with Gasteiger partial charge in [-0.15, -0.1) is 0 Å². The van der Waals surface area contributed by atoms with Crippen molar-refractivity contribution >= 4 is 0 Å². The van der Waals surface area contributed by atoms with Crippen LogP contribution in [0.25, 0.3) is 0 Å². The van der Waals surface area contributed by atoms with Crippen LogP contribution in [0, 0.1) is 6.92 Å². The summed E-state index contributed by atoms with van der Waals surface area (Å²) in [4.78, 5) is 4.61. The van der Waals surface area contributed by atoms with E-state index in [2.05, 4.69) is 31.0 Å². The first-order valence-corrected chi connectivity index (χ1v) is 4.77. The molecule has 0 aromatic carbocycles. The van der Waals surface area contributed by atoms with Crippen molar-refractivity contribution in [3.8, 4) is 0 Å². The van der Waals surface area contributed by atoms with Gasteiger partial charge in [-0.2, -0.15) is 0 Å². The lowest BCUT2D eigenvalue weighted by atomic mass is 10.1. The highest BCUT2D eigenvalue weighted by Gasteiger charge is 2.24. The van der Waals surface area contributed by atoms with E-state index in [0.29, 0.717) is 0 Å². The van der Waals surface area contributed by atoms with E-state index in [4.69, 9.17) is 0 Å². The van der Waals surface area contributed by atoms with Gasteiger partial charge in [0.25, 0.3) is 0 Å². The lowest BCUT2D eigenvalue weighted by Gasteiger charge is -2.03. The molecule has 0 bridgehead atoms. The summed E-state index contributed by atoms with van der Waals surface area (Å²) in [5.74, 6) is 0.787. The average Bonchev–Trinajstić information content (AvgIpc) is 2.86. The first-order valence-electron chi connectivity index (χ1n) is 4.77. The number of hydrogen-bond acceptors (Lipinski definition) is 1. The third kappa shape index (κ3) is 1.36. The molecular weight excluding hydrogens is 146 g/mol. The second kappa shape index (κ2) is 2.89. The summed E-state index contributed by atoms with van der Waals surface area (Å²) in [5.41, 5.74) is 3.92. The molecule has 1 aromatic rings. The van der Waals surface area contributed by atoms with Crippen LogP contribution in [0.5, 0.6) is 0 Å². The lowest BCUT2D eigenvalue weighted by Crippen LogP contribution is -1.94. The van der Waals surface area contributed by atoms with Crippen LogP contribution in [0.4, 0.5) is 0 Å². The van der Waals surface area contributed by atoms with E-state index >= 15 is 0 Å². The van der Waals surface area contributed by atoms with Crippen LogP contribution in [-0.4, -0.2) is 4.98 Å². The Kier molecular flexibility index (Phi) is 1.87. The topological polar surface area (TPSA) is 12.9 Å². The molecule has 1 aromatic heterocycles. The summed E-state index contributed by atoms with van der Waals surface area (Å²) in [6.07, 6.45) is 3.79. The number of aromatic nitrogens is 1. The predicted octanol–water partition coefficient (Wildman–Crippen LogP) is 2.83. The van der Waals surface area contributed by atoms with Crippen molar-refractivity contribution in [3.63, 3.8) is 0 Å². The monoisotopic (exact) mass is 161 g/mol. The molecule has 12 heavy (non-hydrogen) atoms. The molecule has 1 nitrogen and oxygen atoms in total. The lowest BCUT2D eigenvalue weighted by molar-refractivity contribution is 0.957.